The van der Waals surface area contributed by atoms with Gasteiger partial charge in [-0.05, 0) is 36.6 Å². The van der Waals surface area contributed by atoms with Crippen molar-refractivity contribution in [3.8, 4) is 0 Å². The number of carbonyl (C=O) groups is 2. The van der Waals surface area contributed by atoms with Crippen molar-refractivity contribution in [2.75, 3.05) is 31.6 Å². The number of rotatable bonds is 5. The number of hydrogen-bond acceptors (Lipinski definition) is 3. The van der Waals surface area contributed by atoms with Crippen LogP contribution in [0, 0.1) is 5.92 Å². The highest BCUT2D eigenvalue weighted by atomic mass is 16.2. The molecule has 5 heteroatoms. The molecule has 1 aliphatic rings. The summed E-state index contributed by atoms with van der Waals surface area (Å²) >= 11 is 0. The summed E-state index contributed by atoms with van der Waals surface area (Å²) in [6.07, 6.45) is 1.08. The van der Waals surface area contributed by atoms with Crippen molar-refractivity contribution in [1.29, 1.82) is 0 Å². The summed E-state index contributed by atoms with van der Waals surface area (Å²) in [4.78, 5) is 28.8. The Morgan fingerprint density at radius 1 is 1.35 bits per heavy atom. The van der Waals surface area contributed by atoms with Crippen LogP contribution in [0.3, 0.4) is 0 Å². The van der Waals surface area contributed by atoms with Gasteiger partial charge in [-0.25, -0.2) is 0 Å². The van der Waals surface area contributed by atoms with Crippen molar-refractivity contribution in [2.45, 2.75) is 33.2 Å². The molecule has 5 nitrogen and oxygen atoms in total. The molecule has 1 unspecified atom stereocenters. The highest BCUT2D eigenvalue weighted by molar-refractivity contribution is 5.98. The van der Waals surface area contributed by atoms with E-state index in [4.69, 9.17) is 0 Å². The molecule has 2 amide bonds. The minimum atomic E-state index is -0.390. The number of carbonyl (C=O) groups excluding carboxylic acids is 2. The van der Waals surface area contributed by atoms with Crippen LogP contribution in [0.25, 0.3) is 0 Å². The molecule has 23 heavy (non-hydrogen) atoms. The summed E-state index contributed by atoms with van der Waals surface area (Å²) in [6, 6.07) is 7.26. The lowest BCUT2D eigenvalue weighted by molar-refractivity contribution is -0.129. The molecule has 0 radical (unpaired) electrons. The molecule has 1 aliphatic heterocycles. The van der Waals surface area contributed by atoms with Crippen molar-refractivity contribution in [1.82, 2.24) is 10.2 Å². The van der Waals surface area contributed by atoms with Gasteiger partial charge in [-0.15, -0.1) is 0 Å². The lowest BCUT2D eigenvalue weighted by Gasteiger charge is -2.37. The molecule has 0 aliphatic carbocycles. The van der Waals surface area contributed by atoms with Crippen LogP contribution in [0.1, 0.15) is 37.6 Å². The quantitative estimate of drug-likeness (QED) is 0.905. The van der Waals surface area contributed by atoms with Gasteiger partial charge in [0.1, 0.15) is 6.04 Å². The van der Waals surface area contributed by atoms with Crippen LogP contribution in [0.15, 0.2) is 24.3 Å². The molecule has 1 saturated heterocycles. The molecule has 126 valence electrons. The van der Waals surface area contributed by atoms with E-state index in [0.717, 1.165) is 18.7 Å². The second-order valence-corrected chi connectivity index (χ2v) is 6.45. The van der Waals surface area contributed by atoms with Crippen LogP contribution in [0.4, 0.5) is 5.69 Å². The van der Waals surface area contributed by atoms with Gasteiger partial charge in [-0.1, -0.05) is 20.8 Å². The summed E-state index contributed by atoms with van der Waals surface area (Å²) in [6.45, 7) is 8.14. The topological polar surface area (TPSA) is 52.7 Å². The van der Waals surface area contributed by atoms with Gasteiger partial charge in [-0.3, -0.25) is 9.59 Å². The molecular formula is C18H27N3O2. The summed E-state index contributed by atoms with van der Waals surface area (Å²) in [5, 5.41) is 2.85. The molecule has 1 N–H and O–H groups in total. The Hall–Kier alpha value is -2.04. The third kappa shape index (κ3) is 3.84. The van der Waals surface area contributed by atoms with Gasteiger partial charge in [0.2, 0.25) is 5.91 Å². The molecule has 0 saturated carbocycles. The summed E-state index contributed by atoms with van der Waals surface area (Å²) < 4.78 is 0. The predicted octanol–water partition coefficient (Wildman–Crippen LogP) is 2.13. The predicted molar refractivity (Wildman–Crippen MR) is 92.7 cm³/mol. The molecule has 0 bridgehead atoms. The van der Waals surface area contributed by atoms with E-state index in [9.17, 15) is 9.59 Å². The Bertz CT molecular complexity index is 554. The minimum absolute atomic E-state index is 0.0566. The van der Waals surface area contributed by atoms with E-state index >= 15 is 0 Å². The van der Waals surface area contributed by atoms with E-state index in [1.54, 1.807) is 4.90 Å². The van der Waals surface area contributed by atoms with Gasteiger partial charge < -0.3 is 15.1 Å². The summed E-state index contributed by atoms with van der Waals surface area (Å²) in [7, 11) is 2.05. The number of benzene rings is 1. The number of nitrogens with zero attached hydrogens (tertiary/aromatic N) is 2. The van der Waals surface area contributed by atoms with Crippen LogP contribution in [-0.2, 0) is 4.79 Å². The van der Waals surface area contributed by atoms with Gasteiger partial charge in [-0.2, -0.15) is 0 Å². The molecule has 0 aromatic heterocycles. The van der Waals surface area contributed by atoms with Crippen LogP contribution in [0.2, 0.25) is 0 Å². The second-order valence-electron chi connectivity index (χ2n) is 6.45. The Morgan fingerprint density at radius 3 is 2.57 bits per heavy atom. The average molecular weight is 317 g/mol. The SMILES string of the molecule is CCCN(C)c1ccc(C(=O)N2CCNC(=O)C2C(C)C)cc1. The van der Waals surface area contributed by atoms with E-state index < -0.39 is 6.04 Å². The largest absolute Gasteiger partial charge is 0.375 e. The summed E-state index contributed by atoms with van der Waals surface area (Å²) in [5.41, 5.74) is 1.74. The minimum Gasteiger partial charge on any atom is -0.375 e. The van der Waals surface area contributed by atoms with Gasteiger partial charge in [0.05, 0.1) is 0 Å². The lowest BCUT2D eigenvalue weighted by Crippen LogP contribution is -2.59. The average Bonchev–Trinajstić information content (AvgIpc) is 2.54. The number of anilines is 1. The maximum absolute atomic E-state index is 12.8. The van der Waals surface area contributed by atoms with E-state index in [1.165, 1.54) is 0 Å². The molecule has 1 heterocycles. The molecule has 1 aromatic rings. The first-order chi connectivity index (χ1) is 11.0. The molecule has 2 rings (SSSR count). The van der Waals surface area contributed by atoms with Crippen LogP contribution in [0.5, 0.6) is 0 Å². The Balaban J connectivity index is 2.17. The zero-order valence-electron chi connectivity index (χ0n) is 14.5. The highest BCUT2D eigenvalue weighted by Crippen LogP contribution is 2.20. The van der Waals surface area contributed by atoms with Crippen LogP contribution >= 0.6 is 0 Å². The van der Waals surface area contributed by atoms with E-state index in [0.29, 0.717) is 18.7 Å². The number of amides is 2. The van der Waals surface area contributed by atoms with Crippen molar-refractivity contribution in [2.24, 2.45) is 5.92 Å². The normalized spacial score (nSPS) is 18.0. The molecule has 1 fully saturated rings. The Morgan fingerprint density at radius 2 is 2.00 bits per heavy atom. The third-order valence-corrected chi connectivity index (χ3v) is 4.26. The number of hydrogen-bond donors (Lipinski definition) is 1. The fourth-order valence-electron chi connectivity index (χ4n) is 3.06. The monoisotopic (exact) mass is 317 g/mol. The molecular weight excluding hydrogens is 290 g/mol. The Kier molecular flexibility index (Phi) is 5.64. The van der Waals surface area contributed by atoms with Gasteiger partial charge in [0, 0.05) is 37.9 Å². The maximum atomic E-state index is 12.8. The van der Waals surface area contributed by atoms with Gasteiger partial charge in [0.25, 0.3) is 5.91 Å². The highest BCUT2D eigenvalue weighted by Gasteiger charge is 2.35. The van der Waals surface area contributed by atoms with Crippen LogP contribution < -0.4 is 10.2 Å². The molecule has 1 aromatic carbocycles. The van der Waals surface area contributed by atoms with Crippen LogP contribution in [-0.4, -0.2) is 49.4 Å². The summed E-state index contributed by atoms with van der Waals surface area (Å²) in [5.74, 6) is -0.0312. The smallest absolute Gasteiger partial charge is 0.254 e. The second kappa shape index (κ2) is 7.49. The first-order valence-corrected chi connectivity index (χ1v) is 8.35. The van der Waals surface area contributed by atoms with Crippen molar-refractivity contribution < 1.29 is 9.59 Å². The molecule has 0 spiro atoms. The number of piperazine rings is 1. The van der Waals surface area contributed by atoms with E-state index in [1.807, 2.05) is 45.2 Å². The van der Waals surface area contributed by atoms with Crippen molar-refractivity contribution >= 4 is 17.5 Å². The fraction of sp³-hybridized carbons (Fsp3) is 0.556. The standard InChI is InChI=1S/C18H27N3O2/c1-5-11-20(4)15-8-6-14(7-9-15)18(23)21-12-10-19-17(22)16(21)13(2)3/h6-9,13,16H,5,10-12H2,1-4H3,(H,19,22). The fourth-order valence-corrected chi connectivity index (χ4v) is 3.06. The number of nitrogens with one attached hydrogen (secondary N) is 1. The lowest BCUT2D eigenvalue weighted by atomic mass is 9.98. The van der Waals surface area contributed by atoms with E-state index in [-0.39, 0.29) is 17.7 Å². The van der Waals surface area contributed by atoms with Gasteiger partial charge in [0.15, 0.2) is 0 Å². The first-order valence-electron chi connectivity index (χ1n) is 8.35. The van der Waals surface area contributed by atoms with Gasteiger partial charge >= 0.3 is 0 Å². The zero-order chi connectivity index (χ0) is 17.0. The van der Waals surface area contributed by atoms with Crippen molar-refractivity contribution in [3.63, 3.8) is 0 Å². The Labute approximate surface area is 138 Å². The zero-order valence-corrected chi connectivity index (χ0v) is 14.5. The molecule has 1 atom stereocenters. The third-order valence-electron chi connectivity index (χ3n) is 4.26. The van der Waals surface area contributed by atoms with Crippen molar-refractivity contribution in [3.05, 3.63) is 29.8 Å². The van der Waals surface area contributed by atoms with E-state index in [2.05, 4.69) is 17.1 Å². The maximum Gasteiger partial charge on any atom is 0.254 e. The first kappa shape index (κ1) is 17.3.